The normalized spacial score (nSPS) is 13.1. The maximum Gasteiger partial charge on any atom is 0.255 e. The van der Waals surface area contributed by atoms with Crippen LogP contribution in [0, 0.1) is 0 Å². The number of hydrogen-bond acceptors (Lipinski definition) is 25. The number of amides is 5. The summed E-state index contributed by atoms with van der Waals surface area (Å²) in [4.78, 5) is 84.5. The number of halogens is 4. The average molecular weight is 2030 g/mol. The number of hydrogen-bond donors (Lipinski definition) is 5. The smallest absolute Gasteiger partial charge is 0.255 e. The van der Waals surface area contributed by atoms with E-state index in [1.165, 1.54) is 35.9 Å². The van der Waals surface area contributed by atoms with Crippen LogP contribution in [0.15, 0.2) is 243 Å². The van der Waals surface area contributed by atoms with Crippen molar-refractivity contribution in [1.29, 1.82) is 0 Å². The van der Waals surface area contributed by atoms with Gasteiger partial charge in [-0.25, -0.2) is 42.1 Å². The van der Waals surface area contributed by atoms with Crippen molar-refractivity contribution in [2.75, 3.05) is 138 Å². The zero-order valence-electron chi connectivity index (χ0n) is 74.8. The number of sulfonamides is 1. The topological polar surface area (TPSA) is 414 Å². The van der Waals surface area contributed by atoms with Crippen LogP contribution in [0.3, 0.4) is 0 Å². The van der Waals surface area contributed by atoms with Gasteiger partial charge in [0.1, 0.15) is 36.2 Å². The molecular formula is C96H98Cl4N12O19S5. The van der Waals surface area contributed by atoms with Crippen LogP contribution in [0.5, 0.6) is 23.0 Å². The fraction of sp³-hybridized carbons (Fsp3) is 0.240. The molecule has 31 nitrogen and oxygen atoms in total. The highest BCUT2D eigenvalue weighted by Crippen LogP contribution is 2.36. The highest BCUT2D eigenvalue weighted by molar-refractivity contribution is 7.90. The third-order valence-electron chi connectivity index (χ3n) is 20.4. The SMILES string of the molecule is CCOc1cc(C(=O)Nc2ccc(Cl)c(-c3ccccn3)c2)ccc1CS(C)(=O)=O.COc1cc(C(=O)Nc2ccc(Cl)c(-c3ccccn3)c2)ccc1CS(C)(=O)=O.CS(=O)(=O)Cc1ccc(C(=O)Nc2ccc(Cl)c(-c3ccccn3)c2)cc1OCCN1CCN(S(C)(=O)=O)CC1.CS(=O)(=O)Cc1ccc(C(=O)Nc2ccc(Cl)c(-c3ccccn3)c2)cc1OCCN1CCNC(=O)C1. The fourth-order valence-corrected chi connectivity index (χ4v) is 18.9. The number of benzene rings is 8. The molecule has 14 rings (SSSR count). The number of piperazine rings is 2. The maximum absolute atomic E-state index is 13.1. The van der Waals surface area contributed by atoms with Gasteiger partial charge in [-0.3, -0.25) is 53.7 Å². The molecule has 0 spiro atoms. The lowest BCUT2D eigenvalue weighted by molar-refractivity contribution is -0.124. The Labute approximate surface area is 810 Å². The van der Waals surface area contributed by atoms with Crippen molar-refractivity contribution < 1.29 is 85.0 Å². The summed E-state index contributed by atoms with van der Waals surface area (Å²) in [6.45, 7) is 7.13. The van der Waals surface area contributed by atoms with Gasteiger partial charge in [0, 0.05) is 192 Å². The monoisotopic (exact) mass is 2020 g/mol. The number of ether oxygens (including phenoxy) is 4. The van der Waals surface area contributed by atoms with E-state index in [1.54, 1.807) is 171 Å². The molecule has 6 heterocycles. The van der Waals surface area contributed by atoms with Gasteiger partial charge in [0.15, 0.2) is 39.3 Å². The van der Waals surface area contributed by atoms with E-state index in [9.17, 15) is 66.1 Å². The number of rotatable bonds is 32. The first-order valence-corrected chi connectivity index (χ1v) is 53.6. The third kappa shape index (κ3) is 32.2. The molecule has 0 unspecified atom stereocenters. The van der Waals surface area contributed by atoms with Gasteiger partial charge in [-0.15, -0.1) is 0 Å². The summed E-state index contributed by atoms with van der Waals surface area (Å²) in [7, 11) is -14.9. The van der Waals surface area contributed by atoms with Crippen LogP contribution in [0.4, 0.5) is 22.7 Å². The predicted molar refractivity (Wildman–Crippen MR) is 532 cm³/mol. The molecule has 5 amide bonds. The molecule has 0 atom stereocenters. The van der Waals surface area contributed by atoms with Gasteiger partial charge in [-0.2, -0.15) is 4.31 Å². The van der Waals surface area contributed by atoms with Crippen molar-refractivity contribution in [3.8, 4) is 68.0 Å². The van der Waals surface area contributed by atoms with Crippen LogP contribution in [-0.4, -0.2) is 223 Å². The molecule has 2 aliphatic heterocycles. The van der Waals surface area contributed by atoms with Gasteiger partial charge in [0.2, 0.25) is 15.9 Å². The van der Waals surface area contributed by atoms with E-state index < -0.39 is 61.2 Å². The largest absolute Gasteiger partial charge is 0.496 e. The Hall–Kier alpha value is -12.3. The molecule has 8 aromatic carbocycles. The standard InChI is InChI=1S/C27H31ClN4O6S2.C26H27ClN4O5S.C22H21ClN2O4S.C21H19ClN2O4S/c1-39(34,35)19-21-7-6-20(17-26(21)38-16-15-31-11-13-32(14-12-31)40(2,36)37)27(33)30-22-8-9-24(28)23(18-22)25-5-3-4-10-29-25;1-37(34,35)17-19-6-5-18(14-24(19)36-13-12-31-11-10-29-25(32)16-31)26(33)30-20-7-8-22(27)21(15-20)23-4-2-3-9-28-23;1-3-29-21-12-15(7-8-16(21)14-30(2,27)28)22(26)25-17-9-10-19(23)18(13-17)20-6-4-5-11-24-20;1-28-20-11-14(6-7-15(20)13-29(2,26)27)21(25)24-16-8-9-18(22)17(12-16)19-5-3-4-10-23-19/h3-10,17-18H,11-16,19H2,1-2H3,(H,30,33);2-9,14-15H,10-13,16-17H2,1H3,(H,29,32)(H,30,33);4-13H,3,14H2,1-2H3,(H,25,26);3-12H,13H2,1-2H3,(H,24,25). The molecule has 136 heavy (non-hydrogen) atoms. The maximum atomic E-state index is 13.1. The molecule has 0 radical (unpaired) electrons. The van der Waals surface area contributed by atoms with Crippen molar-refractivity contribution >= 4 is 148 Å². The molecule has 0 aliphatic carbocycles. The molecule has 2 fully saturated rings. The zero-order valence-corrected chi connectivity index (χ0v) is 82.0. The summed E-state index contributed by atoms with van der Waals surface area (Å²) in [6.07, 6.45) is 12.4. The molecule has 12 aromatic rings. The number of methoxy groups -OCH3 is 1. The lowest BCUT2D eigenvalue weighted by Gasteiger charge is -2.33. The number of pyridine rings is 4. The number of anilines is 4. The van der Waals surface area contributed by atoms with Crippen LogP contribution in [0.1, 0.15) is 70.6 Å². The molecular weight excluding hydrogens is 1930 g/mol. The molecule has 0 saturated carbocycles. The summed E-state index contributed by atoms with van der Waals surface area (Å²) >= 11 is 25.3. The number of nitrogens with zero attached hydrogens (tertiary/aromatic N) is 7. The van der Waals surface area contributed by atoms with E-state index in [0.717, 1.165) is 25.0 Å². The first-order chi connectivity index (χ1) is 64.6. The quantitative estimate of drug-likeness (QED) is 0.0261. The molecule has 40 heteroatoms. The van der Waals surface area contributed by atoms with Crippen LogP contribution in [-0.2, 0) is 77.2 Å². The molecule has 5 N–H and O–H groups in total. The molecule has 714 valence electrons. The highest BCUT2D eigenvalue weighted by Gasteiger charge is 2.27. The Morgan fingerprint density at radius 3 is 0.934 bits per heavy atom. The Bertz CT molecular complexity index is 6930. The van der Waals surface area contributed by atoms with Gasteiger partial charge in [-0.1, -0.05) is 94.9 Å². The minimum atomic E-state index is -3.35. The van der Waals surface area contributed by atoms with Crippen molar-refractivity contribution in [1.82, 2.24) is 39.4 Å². The Balaban J connectivity index is 0.000000176. The molecule has 2 saturated heterocycles. The second kappa shape index (κ2) is 47.9. The summed E-state index contributed by atoms with van der Waals surface area (Å²) in [5.41, 5.74) is 10.9. The molecule has 2 aliphatic rings. The zero-order chi connectivity index (χ0) is 98.1. The summed E-state index contributed by atoms with van der Waals surface area (Å²) in [6, 6.07) is 61.2. The molecule has 0 bridgehead atoms. The lowest BCUT2D eigenvalue weighted by atomic mass is 10.1. The van der Waals surface area contributed by atoms with Crippen molar-refractivity contribution in [3.05, 3.63) is 308 Å². The minimum absolute atomic E-state index is 0.0453. The van der Waals surface area contributed by atoms with E-state index >= 15 is 0 Å². The first-order valence-electron chi connectivity index (χ1n) is 42.0. The summed E-state index contributed by atoms with van der Waals surface area (Å²) < 4.78 is 142. The van der Waals surface area contributed by atoms with Gasteiger partial charge in [0.05, 0.1) is 92.4 Å². The van der Waals surface area contributed by atoms with Gasteiger partial charge in [-0.05, 0) is 177 Å². The number of sulfone groups is 4. The second-order valence-electron chi connectivity index (χ2n) is 31.5. The van der Waals surface area contributed by atoms with Crippen LogP contribution in [0.2, 0.25) is 20.1 Å². The number of carbonyl (C=O) groups excluding carboxylic acids is 5. The van der Waals surface area contributed by atoms with E-state index in [-0.39, 0.29) is 60.5 Å². The second-order valence-corrected chi connectivity index (χ2v) is 43.7. The minimum Gasteiger partial charge on any atom is -0.496 e. The van der Waals surface area contributed by atoms with Gasteiger partial charge in [0.25, 0.3) is 23.6 Å². The number of carbonyl (C=O) groups is 5. The van der Waals surface area contributed by atoms with E-state index in [1.807, 2.05) is 65.6 Å². The van der Waals surface area contributed by atoms with E-state index in [0.29, 0.717) is 214 Å². The number of aromatic nitrogens is 4. The molecule has 4 aromatic heterocycles. The van der Waals surface area contributed by atoms with E-state index in [4.69, 9.17) is 65.4 Å². The Morgan fingerprint density at radius 2 is 0.662 bits per heavy atom. The van der Waals surface area contributed by atoms with Gasteiger partial charge < -0.3 is 45.5 Å². The van der Waals surface area contributed by atoms with E-state index in [2.05, 4.69) is 51.4 Å². The Morgan fingerprint density at radius 1 is 0.368 bits per heavy atom. The van der Waals surface area contributed by atoms with Crippen molar-refractivity contribution in [2.45, 2.75) is 29.9 Å². The highest BCUT2D eigenvalue weighted by atomic mass is 35.5. The van der Waals surface area contributed by atoms with Crippen LogP contribution >= 0.6 is 46.4 Å². The van der Waals surface area contributed by atoms with Crippen molar-refractivity contribution in [2.24, 2.45) is 0 Å². The fourth-order valence-electron chi connectivity index (χ4n) is 14.0. The van der Waals surface area contributed by atoms with Crippen LogP contribution in [0.25, 0.3) is 45.0 Å². The lowest BCUT2D eigenvalue weighted by Crippen LogP contribution is -2.49. The number of nitrogens with one attached hydrogen (secondary N) is 5. The van der Waals surface area contributed by atoms with Crippen molar-refractivity contribution in [3.63, 3.8) is 0 Å². The predicted octanol–water partition coefficient (Wildman–Crippen LogP) is 15.0. The van der Waals surface area contributed by atoms with Crippen LogP contribution < -0.4 is 45.5 Å². The first kappa shape index (κ1) is 104. The average Bonchev–Trinajstić information content (AvgIpc) is 0.831. The third-order valence-corrected chi connectivity index (χ3v) is 26.4. The summed E-state index contributed by atoms with van der Waals surface area (Å²) in [5.74, 6) is -0.993. The summed E-state index contributed by atoms with van der Waals surface area (Å²) in [5, 5.41) is 16.2. The Kier molecular flexibility index (Phi) is 36.7. The van der Waals surface area contributed by atoms with Gasteiger partial charge >= 0.3 is 0 Å².